The SMILES string of the molecule is CCCC(=O)N1C(=O)c2cccc(N)c2C1=O. The number of nitrogens with zero attached hydrogens (tertiary/aromatic N) is 1. The molecule has 1 aliphatic heterocycles. The lowest BCUT2D eigenvalue weighted by molar-refractivity contribution is -0.126. The van der Waals surface area contributed by atoms with E-state index >= 15 is 0 Å². The summed E-state index contributed by atoms with van der Waals surface area (Å²) in [6.07, 6.45) is 0.757. The summed E-state index contributed by atoms with van der Waals surface area (Å²) in [4.78, 5) is 36.2. The topological polar surface area (TPSA) is 80.5 Å². The van der Waals surface area contributed by atoms with Crippen LogP contribution in [-0.2, 0) is 4.79 Å². The lowest BCUT2D eigenvalue weighted by Gasteiger charge is -2.10. The highest BCUT2D eigenvalue weighted by Crippen LogP contribution is 2.27. The molecule has 1 aromatic rings. The monoisotopic (exact) mass is 232 g/mol. The van der Waals surface area contributed by atoms with E-state index in [1.807, 2.05) is 6.92 Å². The molecule has 0 bridgehead atoms. The van der Waals surface area contributed by atoms with E-state index in [4.69, 9.17) is 5.73 Å². The van der Waals surface area contributed by atoms with Crippen molar-refractivity contribution in [1.82, 2.24) is 4.90 Å². The highest BCUT2D eigenvalue weighted by Gasteiger charge is 2.40. The number of rotatable bonds is 2. The summed E-state index contributed by atoms with van der Waals surface area (Å²) in [5.41, 5.74) is 6.23. The molecule has 5 nitrogen and oxygen atoms in total. The van der Waals surface area contributed by atoms with Crippen molar-refractivity contribution in [1.29, 1.82) is 0 Å². The molecule has 0 spiro atoms. The minimum atomic E-state index is -0.610. The summed E-state index contributed by atoms with van der Waals surface area (Å²) in [5.74, 6) is -1.66. The van der Waals surface area contributed by atoms with Gasteiger partial charge in [0.1, 0.15) is 0 Å². The lowest BCUT2D eigenvalue weighted by atomic mass is 10.1. The molecule has 0 saturated carbocycles. The molecule has 0 aliphatic carbocycles. The molecule has 2 N–H and O–H groups in total. The first kappa shape index (κ1) is 11.3. The standard InChI is InChI=1S/C12H12N2O3/c1-2-4-9(15)14-11(16)7-5-3-6-8(13)10(7)12(14)17/h3,5-6H,2,4,13H2,1H3. The largest absolute Gasteiger partial charge is 0.398 e. The molecule has 3 amide bonds. The third kappa shape index (κ3) is 1.60. The molecule has 0 unspecified atom stereocenters. The Bertz CT molecular complexity index is 522. The molecular weight excluding hydrogens is 220 g/mol. The quantitative estimate of drug-likeness (QED) is 0.613. The minimum absolute atomic E-state index is 0.141. The summed E-state index contributed by atoms with van der Waals surface area (Å²) in [6, 6.07) is 4.64. The molecule has 0 aromatic heterocycles. The third-order valence-corrected chi connectivity index (χ3v) is 2.66. The van der Waals surface area contributed by atoms with Crippen LogP contribution in [0.15, 0.2) is 18.2 Å². The van der Waals surface area contributed by atoms with Gasteiger partial charge in [0.05, 0.1) is 11.1 Å². The van der Waals surface area contributed by atoms with E-state index < -0.39 is 17.7 Å². The zero-order valence-electron chi connectivity index (χ0n) is 9.40. The Morgan fingerprint density at radius 2 is 2.00 bits per heavy atom. The fraction of sp³-hybridized carbons (Fsp3) is 0.250. The van der Waals surface area contributed by atoms with Crippen LogP contribution in [0.3, 0.4) is 0 Å². The number of anilines is 1. The average Bonchev–Trinajstić information content (AvgIpc) is 2.53. The number of hydrogen-bond acceptors (Lipinski definition) is 4. The Morgan fingerprint density at radius 3 is 2.59 bits per heavy atom. The van der Waals surface area contributed by atoms with Gasteiger partial charge >= 0.3 is 0 Å². The second-order valence-electron chi connectivity index (χ2n) is 3.86. The normalized spacial score (nSPS) is 14.1. The number of imide groups is 3. The maximum Gasteiger partial charge on any atom is 0.270 e. The highest BCUT2D eigenvalue weighted by molar-refractivity contribution is 6.30. The summed E-state index contributed by atoms with van der Waals surface area (Å²) >= 11 is 0. The second kappa shape index (κ2) is 4.01. The van der Waals surface area contributed by atoms with Crippen LogP contribution in [0, 0.1) is 0 Å². The predicted octanol–water partition coefficient (Wildman–Crippen LogP) is 1.19. The molecule has 2 rings (SSSR count). The van der Waals surface area contributed by atoms with Crippen molar-refractivity contribution in [3.05, 3.63) is 29.3 Å². The number of amides is 3. The van der Waals surface area contributed by atoms with Gasteiger partial charge in [0.25, 0.3) is 11.8 Å². The highest BCUT2D eigenvalue weighted by atomic mass is 16.2. The van der Waals surface area contributed by atoms with Crippen LogP contribution in [-0.4, -0.2) is 22.6 Å². The van der Waals surface area contributed by atoms with Gasteiger partial charge in [-0.25, -0.2) is 4.90 Å². The smallest absolute Gasteiger partial charge is 0.270 e. The summed E-state index contributed by atoms with van der Waals surface area (Å²) in [5, 5.41) is 0. The zero-order valence-corrected chi connectivity index (χ0v) is 9.40. The molecule has 1 aliphatic rings. The number of nitrogens with two attached hydrogens (primary N) is 1. The molecule has 5 heteroatoms. The van der Waals surface area contributed by atoms with E-state index in [2.05, 4.69) is 0 Å². The number of fused-ring (bicyclic) bond motifs is 1. The molecule has 0 atom stereocenters. The Hall–Kier alpha value is -2.17. The minimum Gasteiger partial charge on any atom is -0.398 e. The van der Waals surface area contributed by atoms with Gasteiger partial charge in [-0.15, -0.1) is 0 Å². The summed E-state index contributed by atoms with van der Waals surface area (Å²) < 4.78 is 0. The van der Waals surface area contributed by atoms with Crippen molar-refractivity contribution >= 4 is 23.4 Å². The maximum absolute atomic E-state index is 11.9. The number of benzene rings is 1. The Labute approximate surface area is 98.2 Å². The van der Waals surface area contributed by atoms with Crippen molar-refractivity contribution in [2.75, 3.05) is 5.73 Å². The van der Waals surface area contributed by atoms with Crippen molar-refractivity contribution < 1.29 is 14.4 Å². The zero-order chi connectivity index (χ0) is 12.6. The van der Waals surface area contributed by atoms with E-state index in [0.29, 0.717) is 11.3 Å². The Balaban J connectivity index is 2.46. The van der Waals surface area contributed by atoms with Gasteiger partial charge < -0.3 is 5.73 Å². The van der Waals surface area contributed by atoms with E-state index in [-0.39, 0.29) is 23.2 Å². The van der Waals surface area contributed by atoms with Gasteiger partial charge in [0, 0.05) is 12.1 Å². The van der Waals surface area contributed by atoms with Crippen molar-refractivity contribution in [2.45, 2.75) is 19.8 Å². The van der Waals surface area contributed by atoms with Gasteiger partial charge in [-0.2, -0.15) is 0 Å². The van der Waals surface area contributed by atoms with Crippen LogP contribution in [0.2, 0.25) is 0 Å². The molecule has 0 saturated heterocycles. The first-order valence-electron chi connectivity index (χ1n) is 5.38. The van der Waals surface area contributed by atoms with E-state index in [1.165, 1.54) is 12.1 Å². The van der Waals surface area contributed by atoms with Gasteiger partial charge in [0.15, 0.2) is 0 Å². The number of carbonyl (C=O) groups is 3. The Morgan fingerprint density at radius 1 is 1.29 bits per heavy atom. The second-order valence-corrected chi connectivity index (χ2v) is 3.86. The van der Waals surface area contributed by atoms with Gasteiger partial charge in [0.2, 0.25) is 5.91 Å². The number of carbonyl (C=O) groups excluding carboxylic acids is 3. The van der Waals surface area contributed by atoms with Gasteiger partial charge in [-0.3, -0.25) is 14.4 Å². The van der Waals surface area contributed by atoms with E-state index in [0.717, 1.165) is 0 Å². The molecule has 88 valence electrons. The van der Waals surface area contributed by atoms with Crippen LogP contribution in [0.25, 0.3) is 0 Å². The number of hydrogen-bond donors (Lipinski definition) is 1. The van der Waals surface area contributed by atoms with Gasteiger partial charge in [-0.05, 0) is 18.6 Å². The first-order valence-corrected chi connectivity index (χ1v) is 5.38. The average molecular weight is 232 g/mol. The molecule has 1 aromatic carbocycles. The van der Waals surface area contributed by atoms with E-state index in [1.54, 1.807) is 6.07 Å². The van der Waals surface area contributed by atoms with Crippen LogP contribution >= 0.6 is 0 Å². The maximum atomic E-state index is 11.9. The first-order chi connectivity index (χ1) is 8.07. The summed E-state index contributed by atoms with van der Waals surface area (Å²) in [6.45, 7) is 1.81. The van der Waals surface area contributed by atoms with Gasteiger partial charge in [-0.1, -0.05) is 13.0 Å². The molecule has 0 radical (unpaired) electrons. The van der Waals surface area contributed by atoms with Crippen LogP contribution in [0.1, 0.15) is 40.5 Å². The van der Waals surface area contributed by atoms with E-state index in [9.17, 15) is 14.4 Å². The van der Waals surface area contributed by atoms with Crippen molar-refractivity contribution in [2.24, 2.45) is 0 Å². The molecular formula is C12H12N2O3. The summed E-state index contributed by atoms with van der Waals surface area (Å²) in [7, 11) is 0. The molecule has 0 fully saturated rings. The van der Waals surface area contributed by atoms with Crippen molar-refractivity contribution in [3.8, 4) is 0 Å². The fourth-order valence-corrected chi connectivity index (χ4v) is 1.86. The van der Waals surface area contributed by atoms with Crippen LogP contribution < -0.4 is 5.73 Å². The van der Waals surface area contributed by atoms with Crippen LogP contribution in [0.4, 0.5) is 5.69 Å². The number of nitrogen functional groups attached to an aromatic ring is 1. The van der Waals surface area contributed by atoms with Crippen molar-refractivity contribution in [3.63, 3.8) is 0 Å². The molecule has 17 heavy (non-hydrogen) atoms. The molecule has 1 heterocycles. The predicted molar refractivity (Wildman–Crippen MR) is 61.3 cm³/mol. The lowest BCUT2D eigenvalue weighted by Crippen LogP contribution is -2.35. The fourth-order valence-electron chi connectivity index (χ4n) is 1.86. The Kier molecular flexibility index (Phi) is 2.67. The van der Waals surface area contributed by atoms with Crippen LogP contribution in [0.5, 0.6) is 0 Å². The third-order valence-electron chi connectivity index (χ3n) is 2.66.